The minimum Gasteiger partial charge on any atom is -0.341 e. The molecule has 1 fully saturated rings. The summed E-state index contributed by atoms with van der Waals surface area (Å²) in [5, 5.41) is 4.99. The highest BCUT2D eigenvalue weighted by atomic mass is 35.5. The summed E-state index contributed by atoms with van der Waals surface area (Å²) < 4.78 is 1.25. The number of halogens is 1. The third-order valence-electron chi connectivity index (χ3n) is 4.25. The molecule has 0 bridgehead atoms. The highest BCUT2D eigenvalue weighted by molar-refractivity contribution is 6.30. The second-order valence-corrected chi connectivity index (χ2v) is 6.45. The largest absolute Gasteiger partial charge is 0.341 e. The van der Waals surface area contributed by atoms with Gasteiger partial charge in [-0.05, 0) is 31.0 Å². The van der Waals surface area contributed by atoms with E-state index in [0.717, 1.165) is 44.3 Å². The van der Waals surface area contributed by atoms with Crippen molar-refractivity contribution in [3.63, 3.8) is 0 Å². The van der Waals surface area contributed by atoms with E-state index in [2.05, 4.69) is 5.10 Å². The average molecular weight is 346 g/mol. The van der Waals surface area contributed by atoms with Crippen LogP contribution < -0.4 is 5.56 Å². The molecular weight excluding hydrogens is 326 g/mol. The van der Waals surface area contributed by atoms with Crippen LogP contribution in [-0.2, 0) is 11.3 Å². The van der Waals surface area contributed by atoms with Gasteiger partial charge in [0.1, 0.15) is 6.54 Å². The van der Waals surface area contributed by atoms with Gasteiger partial charge in [-0.2, -0.15) is 5.10 Å². The van der Waals surface area contributed by atoms with Crippen molar-refractivity contribution in [1.29, 1.82) is 0 Å². The summed E-state index contributed by atoms with van der Waals surface area (Å²) in [6.07, 6.45) is 4.37. The number of carbonyl (C=O) groups excluding carboxylic acids is 1. The first-order valence-electron chi connectivity index (χ1n) is 8.25. The van der Waals surface area contributed by atoms with Gasteiger partial charge in [-0.15, -0.1) is 0 Å². The molecule has 0 spiro atoms. The molecule has 1 aliphatic rings. The van der Waals surface area contributed by atoms with Gasteiger partial charge < -0.3 is 4.90 Å². The van der Waals surface area contributed by atoms with Crippen LogP contribution in [-0.4, -0.2) is 33.7 Å². The molecule has 1 saturated heterocycles. The third kappa shape index (κ3) is 4.03. The van der Waals surface area contributed by atoms with Gasteiger partial charge in [-0.3, -0.25) is 9.59 Å². The number of hydrogen-bond donors (Lipinski definition) is 0. The lowest BCUT2D eigenvalue weighted by Gasteiger charge is -2.20. The first-order chi connectivity index (χ1) is 11.6. The Bertz CT molecular complexity index is 763. The maximum atomic E-state index is 12.5. The Labute approximate surface area is 145 Å². The van der Waals surface area contributed by atoms with Crippen molar-refractivity contribution in [3.8, 4) is 11.3 Å². The zero-order valence-electron chi connectivity index (χ0n) is 13.4. The number of carbonyl (C=O) groups is 1. The van der Waals surface area contributed by atoms with Crippen LogP contribution in [0.25, 0.3) is 11.3 Å². The van der Waals surface area contributed by atoms with E-state index in [1.807, 2.05) is 17.0 Å². The topological polar surface area (TPSA) is 55.2 Å². The molecule has 6 heteroatoms. The lowest BCUT2D eigenvalue weighted by atomic mass is 10.1. The van der Waals surface area contributed by atoms with Gasteiger partial charge in [0, 0.05) is 29.7 Å². The normalized spacial score (nSPS) is 15.1. The fourth-order valence-corrected chi connectivity index (χ4v) is 3.01. The Morgan fingerprint density at radius 3 is 2.33 bits per heavy atom. The minimum absolute atomic E-state index is 0.0136. The summed E-state index contributed by atoms with van der Waals surface area (Å²) in [4.78, 5) is 26.4. The number of aromatic nitrogens is 2. The molecule has 0 atom stereocenters. The van der Waals surface area contributed by atoms with Gasteiger partial charge >= 0.3 is 0 Å². The quantitative estimate of drug-likeness (QED) is 0.859. The van der Waals surface area contributed by atoms with Gasteiger partial charge in [0.05, 0.1) is 5.69 Å². The number of benzene rings is 1. The molecule has 3 rings (SSSR count). The van der Waals surface area contributed by atoms with Crippen LogP contribution in [0.3, 0.4) is 0 Å². The molecule has 5 nitrogen and oxygen atoms in total. The Morgan fingerprint density at radius 1 is 1.00 bits per heavy atom. The summed E-state index contributed by atoms with van der Waals surface area (Å²) >= 11 is 5.90. The van der Waals surface area contributed by atoms with Crippen molar-refractivity contribution < 1.29 is 4.79 Å². The van der Waals surface area contributed by atoms with Crippen molar-refractivity contribution in [3.05, 3.63) is 51.8 Å². The zero-order chi connectivity index (χ0) is 16.9. The second kappa shape index (κ2) is 7.62. The van der Waals surface area contributed by atoms with E-state index in [1.54, 1.807) is 18.2 Å². The fraction of sp³-hybridized carbons (Fsp3) is 0.389. The highest BCUT2D eigenvalue weighted by Gasteiger charge is 2.17. The molecule has 1 aromatic carbocycles. The Morgan fingerprint density at radius 2 is 1.67 bits per heavy atom. The van der Waals surface area contributed by atoms with E-state index in [9.17, 15) is 9.59 Å². The number of hydrogen-bond acceptors (Lipinski definition) is 3. The average Bonchev–Trinajstić information content (AvgIpc) is 2.87. The molecule has 2 aromatic rings. The Balaban J connectivity index is 1.80. The van der Waals surface area contributed by atoms with Gasteiger partial charge in [-0.1, -0.05) is 36.6 Å². The standard InChI is InChI=1S/C18H20ClN3O2/c19-15-7-5-14(6-8-15)16-9-10-17(23)22(20-16)13-18(24)21-11-3-1-2-4-12-21/h5-10H,1-4,11-13H2. The van der Waals surface area contributed by atoms with Gasteiger partial charge in [0.15, 0.2) is 0 Å². The van der Waals surface area contributed by atoms with E-state index >= 15 is 0 Å². The molecule has 0 aliphatic carbocycles. The maximum absolute atomic E-state index is 12.5. The Hall–Kier alpha value is -2.14. The first kappa shape index (κ1) is 16.7. The van der Waals surface area contributed by atoms with E-state index in [4.69, 9.17) is 11.6 Å². The fourth-order valence-electron chi connectivity index (χ4n) is 2.89. The molecular formula is C18H20ClN3O2. The van der Waals surface area contributed by atoms with Gasteiger partial charge in [0.2, 0.25) is 5.91 Å². The lowest BCUT2D eigenvalue weighted by Crippen LogP contribution is -2.37. The van der Waals surface area contributed by atoms with Crippen LogP contribution in [0.2, 0.25) is 5.02 Å². The van der Waals surface area contributed by atoms with Crippen molar-refractivity contribution in [1.82, 2.24) is 14.7 Å². The van der Waals surface area contributed by atoms with Crippen LogP contribution in [0.5, 0.6) is 0 Å². The molecule has 2 heterocycles. The number of nitrogens with zero attached hydrogens (tertiary/aromatic N) is 3. The summed E-state index contributed by atoms with van der Waals surface area (Å²) in [5.74, 6) is -0.0419. The van der Waals surface area contributed by atoms with Crippen molar-refractivity contribution in [2.75, 3.05) is 13.1 Å². The lowest BCUT2D eigenvalue weighted by molar-refractivity contribution is -0.132. The SMILES string of the molecule is O=C(Cn1nc(-c2ccc(Cl)cc2)ccc1=O)N1CCCCCC1. The summed E-state index contributed by atoms with van der Waals surface area (Å²) in [6.45, 7) is 1.52. The predicted molar refractivity (Wildman–Crippen MR) is 94.0 cm³/mol. The molecule has 1 aliphatic heterocycles. The van der Waals surface area contributed by atoms with Crippen molar-refractivity contribution >= 4 is 17.5 Å². The van der Waals surface area contributed by atoms with Crippen LogP contribution >= 0.6 is 11.6 Å². The third-order valence-corrected chi connectivity index (χ3v) is 4.50. The highest BCUT2D eigenvalue weighted by Crippen LogP contribution is 2.18. The van der Waals surface area contributed by atoms with Crippen molar-refractivity contribution in [2.45, 2.75) is 32.2 Å². The van der Waals surface area contributed by atoms with E-state index in [0.29, 0.717) is 10.7 Å². The smallest absolute Gasteiger partial charge is 0.267 e. The summed E-state index contributed by atoms with van der Waals surface area (Å²) in [7, 11) is 0. The molecule has 0 N–H and O–H groups in total. The number of amides is 1. The summed E-state index contributed by atoms with van der Waals surface area (Å²) in [5.41, 5.74) is 1.24. The first-order valence-corrected chi connectivity index (χ1v) is 8.63. The van der Waals surface area contributed by atoms with E-state index in [-0.39, 0.29) is 18.0 Å². The molecule has 0 saturated carbocycles. The molecule has 0 unspecified atom stereocenters. The summed E-state index contributed by atoms with van der Waals surface area (Å²) in [6, 6.07) is 10.4. The molecule has 126 valence electrons. The maximum Gasteiger partial charge on any atom is 0.267 e. The molecule has 24 heavy (non-hydrogen) atoms. The van der Waals surface area contributed by atoms with Crippen LogP contribution in [0.15, 0.2) is 41.2 Å². The molecule has 1 aromatic heterocycles. The van der Waals surface area contributed by atoms with E-state index < -0.39 is 0 Å². The molecule has 0 radical (unpaired) electrons. The van der Waals surface area contributed by atoms with Gasteiger partial charge in [0.25, 0.3) is 5.56 Å². The predicted octanol–water partition coefficient (Wildman–Crippen LogP) is 2.97. The monoisotopic (exact) mass is 345 g/mol. The number of rotatable bonds is 3. The van der Waals surface area contributed by atoms with Crippen LogP contribution in [0, 0.1) is 0 Å². The Kier molecular flexibility index (Phi) is 5.30. The molecule has 1 amide bonds. The van der Waals surface area contributed by atoms with E-state index in [1.165, 1.54) is 10.7 Å². The van der Waals surface area contributed by atoms with Crippen LogP contribution in [0.1, 0.15) is 25.7 Å². The zero-order valence-corrected chi connectivity index (χ0v) is 14.2. The van der Waals surface area contributed by atoms with Crippen molar-refractivity contribution in [2.24, 2.45) is 0 Å². The van der Waals surface area contributed by atoms with Gasteiger partial charge in [-0.25, -0.2) is 4.68 Å². The minimum atomic E-state index is -0.268. The second-order valence-electron chi connectivity index (χ2n) is 6.02. The van der Waals surface area contributed by atoms with Crippen LogP contribution in [0.4, 0.5) is 0 Å². The number of likely N-dealkylation sites (tertiary alicyclic amines) is 1.